The third kappa shape index (κ3) is 5.06. The van der Waals surface area contributed by atoms with Gasteiger partial charge in [-0.1, -0.05) is 0 Å². The van der Waals surface area contributed by atoms with E-state index in [4.69, 9.17) is 4.74 Å². The molecule has 0 aliphatic heterocycles. The fraction of sp³-hybridized carbons (Fsp3) is 0.545. The van der Waals surface area contributed by atoms with Crippen LogP contribution < -0.4 is 0 Å². The zero-order valence-electron chi connectivity index (χ0n) is 8.54. The van der Waals surface area contributed by atoms with Crippen molar-refractivity contribution in [1.29, 1.82) is 0 Å². The summed E-state index contributed by atoms with van der Waals surface area (Å²) in [5, 5.41) is 4.24. The molecule has 0 amide bonds. The van der Waals surface area contributed by atoms with Crippen LogP contribution in [0, 0.1) is 6.42 Å². The summed E-state index contributed by atoms with van der Waals surface area (Å²) in [6, 6.07) is 2.13. The van der Waals surface area contributed by atoms with Gasteiger partial charge in [0.15, 0.2) is 0 Å². The summed E-state index contributed by atoms with van der Waals surface area (Å²) in [6.45, 7) is 7.05. The van der Waals surface area contributed by atoms with Crippen molar-refractivity contribution in [1.82, 2.24) is 0 Å². The highest BCUT2D eigenvalue weighted by molar-refractivity contribution is 7.08. The molecule has 1 aromatic heterocycles. The summed E-state index contributed by atoms with van der Waals surface area (Å²) in [5.41, 5.74) is 1.30. The average Bonchev–Trinajstić information content (AvgIpc) is 2.48. The van der Waals surface area contributed by atoms with Gasteiger partial charge in [-0.3, -0.25) is 0 Å². The molecule has 13 heavy (non-hydrogen) atoms. The molecule has 0 spiro atoms. The van der Waals surface area contributed by atoms with Crippen molar-refractivity contribution in [2.45, 2.75) is 32.8 Å². The molecule has 73 valence electrons. The number of hydrogen-bond acceptors (Lipinski definition) is 2. The minimum atomic E-state index is -0.0114. The van der Waals surface area contributed by atoms with Crippen molar-refractivity contribution in [3.8, 4) is 0 Å². The SMILES string of the molecule is CC(C)(C)OCC[CH]c1ccsc1. The van der Waals surface area contributed by atoms with Crippen LogP contribution in [-0.4, -0.2) is 12.2 Å². The van der Waals surface area contributed by atoms with Gasteiger partial charge in [-0.2, -0.15) is 11.3 Å². The molecule has 1 heterocycles. The minimum Gasteiger partial charge on any atom is -0.376 e. The molecule has 0 saturated heterocycles. The smallest absolute Gasteiger partial charge is 0.0598 e. The van der Waals surface area contributed by atoms with Crippen LogP contribution in [0.5, 0.6) is 0 Å². The van der Waals surface area contributed by atoms with E-state index in [2.05, 4.69) is 44.0 Å². The summed E-state index contributed by atoms with van der Waals surface area (Å²) in [4.78, 5) is 0. The lowest BCUT2D eigenvalue weighted by molar-refractivity contribution is -0.00106. The number of ether oxygens (including phenoxy) is 1. The Labute approximate surface area is 84.7 Å². The molecule has 1 nitrogen and oxygen atoms in total. The first-order valence-electron chi connectivity index (χ1n) is 4.57. The highest BCUT2D eigenvalue weighted by atomic mass is 32.1. The Kier molecular flexibility index (Phi) is 3.94. The van der Waals surface area contributed by atoms with Gasteiger partial charge in [-0.05, 0) is 56.0 Å². The Morgan fingerprint density at radius 3 is 2.77 bits per heavy atom. The normalized spacial score (nSPS) is 11.9. The largest absolute Gasteiger partial charge is 0.376 e. The lowest BCUT2D eigenvalue weighted by Crippen LogP contribution is -2.19. The molecule has 1 aromatic rings. The van der Waals surface area contributed by atoms with Gasteiger partial charge < -0.3 is 4.74 Å². The second kappa shape index (κ2) is 4.77. The summed E-state index contributed by atoms with van der Waals surface area (Å²) in [7, 11) is 0. The molecule has 1 rings (SSSR count). The molecule has 0 aromatic carbocycles. The first-order valence-corrected chi connectivity index (χ1v) is 5.51. The maximum absolute atomic E-state index is 5.60. The summed E-state index contributed by atoms with van der Waals surface area (Å²) in [6.07, 6.45) is 3.20. The Morgan fingerprint density at radius 2 is 2.23 bits per heavy atom. The first-order chi connectivity index (χ1) is 6.08. The van der Waals surface area contributed by atoms with E-state index in [1.807, 2.05) is 0 Å². The second-order valence-corrected chi connectivity index (χ2v) is 4.79. The highest BCUT2D eigenvalue weighted by Gasteiger charge is 2.08. The van der Waals surface area contributed by atoms with E-state index in [1.54, 1.807) is 11.3 Å². The number of thiophene rings is 1. The van der Waals surface area contributed by atoms with Crippen LogP contribution in [0.2, 0.25) is 0 Å². The predicted octanol–water partition coefficient (Wildman–Crippen LogP) is 3.51. The molecule has 0 fully saturated rings. The zero-order chi connectivity index (χ0) is 9.73. The first kappa shape index (κ1) is 10.7. The van der Waals surface area contributed by atoms with Crippen LogP contribution in [0.25, 0.3) is 0 Å². The molecule has 0 bridgehead atoms. The van der Waals surface area contributed by atoms with Crippen molar-refractivity contribution in [2.24, 2.45) is 0 Å². The molecule has 0 saturated carbocycles. The fourth-order valence-electron chi connectivity index (χ4n) is 0.982. The van der Waals surface area contributed by atoms with Crippen molar-refractivity contribution in [2.75, 3.05) is 6.61 Å². The zero-order valence-corrected chi connectivity index (χ0v) is 9.36. The van der Waals surface area contributed by atoms with Gasteiger partial charge in [0, 0.05) is 6.61 Å². The van der Waals surface area contributed by atoms with Gasteiger partial charge >= 0.3 is 0 Å². The van der Waals surface area contributed by atoms with Crippen LogP contribution in [-0.2, 0) is 4.74 Å². The summed E-state index contributed by atoms with van der Waals surface area (Å²) >= 11 is 1.73. The molecule has 0 aliphatic rings. The van der Waals surface area contributed by atoms with Gasteiger partial charge in [-0.15, -0.1) is 0 Å². The van der Waals surface area contributed by atoms with Crippen LogP contribution in [0.4, 0.5) is 0 Å². The van der Waals surface area contributed by atoms with Crippen molar-refractivity contribution in [3.63, 3.8) is 0 Å². The molecule has 0 atom stereocenters. The van der Waals surface area contributed by atoms with Crippen molar-refractivity contribution < 1.29 is 4.74 Å². The lowest BCUT2D eigenvalue weighted by Gasteiger charge is -2.19. The molecule has 0 unspecified atom stereocenters. The monoisotopic (exact) mass is 197 g/mol. The highest BCUT2D eigenvalue weighted by Crippen LogP contribution is 2.12. The van der Waals surface area contributed by atoms with Gasteiger partial charge in [0.25, 0.3) is 0 Å². The van der Waals surface area contributed by atoms with E-state index in [9.17, 15) is 0 Å². The van der Waals surface area contributed by atoms with Crippen LogP contribution in [0.1, 0.15) is 32.8 Å². The standard InChI is InChI=1S/C11H17OS/c1-11(2,3)12-7-4-5-10-6-8-13-9-10/h5-6,8-9H,4,7H2,1-3H3. The molecule has 2 heteroatoms. The maximum atomic E-state index is 5.60. The Morgan fingerprint density at radius 1 is 1.46 bits per heavy atom. The van der Waals surface area contributed by atoms with Gasteiger partial charge in [0.05, 0.1) is 5.60 Å². The third-order valence-corrected chi connectivity index (χ3v) is 2.28. The van der Waals surface area contributed by atoms with E-state index in [-0.39, 0.29) is 5.60 Å². The van der Waals surface area contributed by atoms with Gasteiger partial charge in [0.2, 0.25) is 0 Å². The predicted molar refractivity (Wildman–Crippen MR) is 58.0 cm³/mol. The third-order valence-electron chi connectivity index (χ3n) is 1.58. The molecular formula is C11H17OS. The van der Waals surface area contributed by atoms with E-state index in [0.717, 1.165) is 13.0 Å². The fourth-order valence-corrected chi connectivity index (χ4v) is 1.63. The van der Waals surface area contributed by atoms with Crippen molar-refractivity contribution >= 4 is 11.3 Å². The van der Waals surface area contributed by atoms with E-state index < -0.39 is 0 Å². The number of hydrogen-bond donors (Lipinski definition) is 0. The molecular weight excluding hydrogens is 180 g/mol. The van der Waals surface area contributed by atoms with Gasteiger partial charge in [0.1, 0.15) is 0 Å². The Bertz CT molecular complexity index is 221. The summed E-state index contributed by atoms with van der Waals surface area (Å²) in [5.74, 6) is 0. The minimum absolute atomic E-state index is 0.0114. The molecule has 0 aliphatic carbocycles. The number of rotatable bonds is 4. The molecule has 1 radical (unpaired) electrons. The Balaban J connectivity index is 2.09. The lowest BCUT2D eigenvalue weighted by atomic mass is 10.2. The van der Waals surface area contributed by atoms with E-state index in [0.29, 0.717) is 0 Å². The second-order valence-electron chi connectivity index (χ2n) is 4.01. The average molecular weight is 197 g/mol. The van der Waals surface area contributed by atoms with E-state index in [1.165, 1.54) is 5.56 Å². The Hall–Kier alpha value is -0.340. The topological polar surface area (TPSA) is 9.23 Å². The summed E-state index contributed by atoms with van der Waals surface area (Å²) < 4.78 is 5.60. The van der Waals surface area contributed by atoms with Crippen molar-refractivity contribution in [3.05, 3.63) is 28.8 Å². The van der Waals surface area contributed by atoms with E-state index >= 15 is 0 Å². The van der Waals surface area contributed by atoms with Gasteiger partial charge in [-0.25, -0.2) is 0 Å². The van der Waals surface area contributed by atoms with Crippen LogP contribution >= 0.6 is 11.3 Å². The molecule has 0 N–H and O–H groups in total. The van der Waals surface area contributed by atoms with Crippen LogP contribution in [0.15, 0.2) is 16.8 Å². The van der Waals surface area contributed by atoms with Crippen LogP contribution in [0.3, 0.4) is 0 Å². The maximum Gasteiger partial charge on any atom is 0.0598 e. The quantitative estimate of drug-likeness (QED) is 0.671.